The Balaban J connectivity index is 1.29. The van der Waals surface area contributed by atoms with E-state index in [0.29, 0.717) is 89.9 Å². The third kappa shape index (κ3) is 4.38. The van der Waals surface area contributed by atoms with Crippen molar-refractivity contribution in [3.05, 3.63) is 47.1 Å². The smallest absolute Gasteiger partial charge is 0.204 e. The molecule has 1 saturated carbocycles. The van der Waals surface area contributed by atoms with Crippen LogP contribution in [0, 0.1) is 5.92 Å². The lowest BCUT2D eigenvalue weighted by Gasteiger charge is -2.29. The van der Waals surface area contributed by atoms with Crippen LogP contribution in [-0.4, -0.2) is 43.3 Å². The molecular formula is C26H24ClNO6. The number of aromatic nitrogens is 1. The van der Waals surface area contributed by atoms with Crippen LogP contribution in [0.2, 0.25) is 5.02 Å². The Hall–Kier alpha value is -3.03. The fourth-order valence-electron chi connectivity index (χ4n) is 4.20. The number of carbonyl (C=O) groups is 1. The fourth-order valence-corrected chi connectivity index (χ4v) is 4.44. The van der Waals surface area contributed by atoms with Gasteiger partial charge in [-0.15, -0.1) is 0 Å². The zero-order valence-corrected chi connectivity index (χ0v) is 19.3. The Labute approximate surface area is 201 Å². The number of ketones is 1. The molecule has 6 rings (SSSR count). The minimum Gasteiger partial charge on any atom is -0.485 e. The van der Waals surface area contributed by atoms with Crippen molar-refractivity contribution in [3.8, 4) is 28.7 Å². The van der Waals surface area contributed by atoms with Crippen LogP contribution in [0.5, 0.6) is 28.7 Å². The number of hydrogen-bond acceptors (Lipinski definition) is 7. The summed E-state index contributed by atoms with van der Waals surface area (Å²) in [5.74, 6) is 3.62. The van der Waals surface area contributed by atoms with E-state index in [9.17, 15) is 4.79 Å². The number of Topliss-reactive ketones (excluding diaryl/α,β-unsaturated/α-hetero) is 1. The van der Waals surface area contributed by atoms with Gasteiger partial charge in [0.1, 0.15) is 36.6 Å². The number of ether oxygens (including phenoxy) is 5. The van der Waals surface area contributed by atoms with Crippen molar-refractivity contribution >= 4 is 28.3 Å². The number of rotatable bonds is 8. The standard InChI is InChI=1S/C26H24ClNO6/c27-20-11-18(4-3-16(20)10-17(29)9-15-1-2-15)33-22-5-6-28-21-12-23(34-19-13-30-14-19)25-26(24(21)22)32-8-7-31-25/h3-6,11-12,15,19H,1-2,7-10,13-14H2. The van der Waals surface area contributed by atoms with E-state index >= 15 is 0 Å². The lowest BCUT2D eigenvalue weighted by Crippen LogP contribution is -2.38. The van der Waals surface area contributed by atoms with E-state index in [1.54, 1.807) is 18.3 Å². The molecule has 2 aromatic carbocycles. The van der Waals surface area contributed by atoms with Crippen LogP contribution in [0.15, 0.2) is 36.5 Å². The van der Waals surface area contributed by atoms with Crippen LogP contribution < -0.4 is 18.9 Å². The van der Waals surface area contributed by atoms with Gasteiger partial charge in [0.2, 0.25) is 5.75 Å². The number of hydrogen-bond donors (Lipinski definition) is 0. The Kier molecular flexibility index (Phi) is 5.67. The first-order valence-corrected chi connectivity index (χ1v) is 12.0. The van der Waals surface area contributed by atoms with Gasteiger partial charge in [0.05, 0.1) is 24.1 Å². The van der Waals surface area contributed by atoms with Crippen molar-refractivity contribution < 1.29 is 28.5 Å². The first-order chi connectivity index (χ1) is 16.6. The van der Waals surface area contributed by atoms with E-state index < -0.39 is 0 Å². The van der Waals surface area contributed by atoms with Gasteiger partial charge < -0.3 is 23.7 Å². The number of fused-ring (bicyclic) bond motifs is 3. The molecule has 0 amide bonds. The monoisotopic (exact) mass is 481 g/mol. The number of nitrogens with zero attached hydrogens (tertiary/aromatic N) is 1. The first kappa shape index (κ1) is 21.5. The Bertz CT molecular complexity index is 1250. The molecule has 0 radical (unpaired) electrons. The van der Waals surface area contributed by atoms with Crippen LogP contribution in [-0.2, 0) is 16.0 Å². The summed E-state index contributed by atoms with van der Waals surface area (Å²) in [7, 11) is 0. The van der Waals surface area contributed by atoms with Crippen molar-refractivity contribution in [1.29, 1.82) is 0 Å². The van der Waals surface area contributed by atoms with Crippen LogP contribution in [0.3, 0.4) is 0 Å². The number of benzene rings is 2. The van der Waals surface area contributed by atoms with E-state index in [0.717, 1.165) is 18.4 Å². The molecule has 3 heterocycles. The van der Waals surface area contributed by atoms with Gasteiger partial charge in [-0.3, -0.25) is 9.78 Å². The number of pyridine rings is 1. The molecule has 1 aliphatic carbocycles. The normalized spacial score (nSPS) is 17.3. The van der Waals surface area contributed by atoms with Crippen LogP contribution in [0.1, 0.15) is 24.8 Å². The number of carbonyl (C=O) groups excluding carboxylic acids is 1. The zero-order chi connectivity index (χ0) is 23.1. The maximum atomic E-state index is 12.3. The molecule has 8 heteroatoms. The lowest BCUT2D eigenvalue weighted by molar-refractivity contribution is -0.118. The Morgan fingerprint density at radius 3 is 2.62 bits per heavy atom. The molecule has 2 aliphatic heterocycles. The Morgan fingerprint density at radius 1 is 1.06 bits per heavy atom. The average molecular weight is 482 g/mol. The lowest BCUT2D eigenvalue weighted by atomic mass is 10.0. The van der Waals surface area contributed by atoms with Gasteiger partial charge in [-0.1, -0.05) is 17.7 Å². The summed E-state index contributed by atoms with van der Waals surface area (Å²) in [6, 6.07) is 9.05. The summed E-state index contributed by atoms with van der Waals surface area (Å²) < 4.78 is 29.4. The van der Waals surface area contributed by atoms with Gasteiger partial charge in [0, 0.05) is 30.1 Å². The summed E-state index contributed by atoms with van der Waals surface area (Å²) in [6.45, 7) is 1.95. The Morgan fingerprint density at radius 2 is 1.88 bits per heavy atom. The third-order valence-corrected chi connectivity index (χ3v) is 6.55. The molecule has 0 unspecified atom stereocenters. The molecule has 0 spiro atoms. The second-order valence-corrected chi connectivity index (χ2v) is 9.34. The number of halogens is 1. The summed E-state index contributed by atoms with van der Waals surface area (Å²) >= 11 is 6.50. The predicted octanol–water partition coefficient (Wildman–Crippen LogP) is 5.14. The van der Waals surface area contributed by atoms with Gasteiger partial charge in [-0.2, -0.15) is 0 Å². The molecule has 1 aromatic heterocycles. The average Bonchev–Trinajstić information content (AvgIpc) is 3.62. The highest BCUT2D eigenvalue weighted by molar-refractivity contribution is 6.31. The highest BCUT2D eigenvalue weighted by Crippen LogP contribution is 2.49. The van der Waals surface area contributed by atoms with Gasteiger partial charge >= 0.3 is 0 Å². The molecule has 2 fully saturated rings. The van der Waals surface area contributed by atoms with Crippen molar-refractivity contribution in [3.63, 3.8) is 0 Å². The maximum Gasteiger partial charge on any atom is 0.204 e. The molecule has 3 aromatic rings. The summed E-state index contributed by atoms with van der Waals surface area (Å²) in [5.41, 5.74) is 1.49. The molecule has 0 N–H and O–H groups in total. The molecule has 7 nitrogen and oxygen atoms in total. The molecule has 0 atom stereocenters. The van der Waals surface area contributed by atoms with E-state index in [1.807, 2.05) is 18.2 Å². The van der Waals surface area contributed by atoms with E-state index in [-0.39, 0.29) is 11.9 Å². The fraction of sp³-hybridized carbons (Fsp3) is 0.385. The second kappa shape index (κ2) is 8.96. The summed E-state index contributed by atoms with van der Waals surface area (Å²) in [5, 5.41) is 1.22. The van der Waals surface area contributed by atoms with E-state index in [4.69, 9.17) is 35.3 Å². The van der Waals surface area contributed by atoms with Gasteiger partial charge in [-0.05, 0) is 42.5 Å². The highest BCUT2D eigenvalue weighted by Gasteiger charge is 2.28. The van der Waals surface area contributed by atoms with Gasteiger partial charge in [0.25, 0.3) is 0 Å². The van der Waals surface area contributed by atoms with Crippen LogP contribution >= 0.6 is 11.6 Å². The minimum absolute atomic E-state index is 0.0108. The van der Waals surface area contributed by atoms with Crippen molar-refractivity contribution in [2.45, 2.75) is 31.8 Å². The predicted molar refractivity (Wildman–Crippen MR) is 126 cm³/mol. The quantitative estimate of drug-likeness (QED) is 0.441. The van der Waals surface area contributed by atoms with Crippen LogP contribution in [0.4, 0.5) is 0 Å². The van der Waals surface area contributed by atoms with E-state index in [2.05, 4.69) is 4.98 Å². The highest BCUT2D eigenvalue weighted by atomic mass is 35.5. The SMILES string of the molecule is O=C(Cc1ccc(Oc2ccnc3cc(OC4COC4)c4c(c23)OCCO4)cc1Cl)CC1CC1. The van der Waals surface area contributed by atoms with Crippen LogP contribution in [0.25, 0.3) is 10.9 Å². The van der Waals surface area contributed by atoms with Gasteiger partial charge in [0.15, 0.2) is 11.5 Å². The molecule has 3 aliphatic rings. The van der Waals surface area contributed by atoms with E-state index in [1.165, 1.54) is 0 Å². The van der Waals surface area contributed by atoms with Crippen molar-refractivity contribution in [2.24, 2.45) is 5.92 Å². The topological polar surface area (TPSA) is 76.1 Å². The third-order valence-electron chi connectivity index (χ3n) is 6.20. The second-order valence-electron chi connectivity index (χ2n) is 8.93. The maximum absolute atomic E-state index is 12.3. The molecule has 0 bridgehead atoms. The summed E-state index contributed by atoms with van der Waals surface area (Å²) in [4.78, 5) is 16.8. The molecule has 176 valence electrons. The molecule has 34 heavy (non-hydrogen) atoms. The summed E-state index contributed by atoms with van der Waals surface area (Å²) in [6.07, 6.45) is 4.98. The van der Waals surface area contributed by atoms with Gasteiger partial charge in [-0.25, -0.2) is 0 Å². The molecule has 1 saturated heterocycles. The van der Waals surface area contributed by atoms with Crippen molar-refractivity contribution in [2.75, 3.05) is 26.4 Å². The molecular weight excluding hydrogens is 458 g/mol. The van der Waals surface area contributed by atoms with Crippen molar-refractivity contribution in [1.82, 2.24) is 4.98 Å². The first-order valence-electron chi connectivity index (χ1n) is 11.6. The minimum atomic E-state index is -0.0108. The zero-order valence-electron chi connectivity index (χ0n) is 18.6. The largest absolute Gasteiger partial charge is 0.485 e.